The zero-order valence-electron chi connectivity index (χ0n) is 28.8. The van der Waals surface area contributed by atoms with Gasteiger partial charge in [0.1, 0.15) is 11.7 Å². The van der Waals surface area contributed by atoms with Crippen molar-refractivity contribution in [2.75, 3.05) is 13.2 Å². The van der Waals surface area contributed by atoms with Crippen molar-refractivity contribution in [3.8, 4) is 0 Å². The minimum absolute atomic E-state index is 0.284. The Morgan fingerprint density at radius 3 is 1.43 bits per heavy atom. The molecule has 0 spiro atoms. The molecule has 3 heteroatoms. The number of hydrogen-bond donors (Lipinski definition) is 1. The van der Waals surface area contributed by atoms with Gasteiger partial charge in [-0.05, 0) is 36.0 Å². The van der Waals surface area contributed by atoms with Crippen molar-refractivity contribution in [1.82, 2.24) is 0 Å². The van der Waals surface area contributed by atoms with E-state index in [4.69, 9.17) is 9.47 Å². The van der Waals surface area contributed by atoms with E-state index in [0.29, 0.717) is 6.61 Å². The van der Waals surface area contributed by atoms with Crippen molar-refractivity contribution in [3.05, 3.63) is 120 Å². The van der Waals surface area contributed by atoms with Gasteiger partial charge in [0.05, 0.1) is 12.7 Å². The Labute approximate surface area is 281 Å². The number of aliphatic hydroxyl groups is 1. The molecular formula is C43H62O3. The van der Waals surface area contributed by atoms with E-state index in [-0.39, 0.29) is 6.61 Å². The fourth-order valence-electron chi connectivity index (χ4n) is 6.44. The molecule has 0 saturated heterocycles. The monoisotopic (exact) mass is 626 g/mol. The van der Waals surface area contributed by atoms with E-state index in [0.717, 1.165) is 48.8 Å². The van der Waals surface area contributed by atoms with Gasteiger partial charge in [0.15, 0.2) is 0 Å². The Bertz CT molecular complexity index is 1030. The summed E-state index contributed by atoms with van der Waals surface area (Å²) in [5, 5.41) is 11.4. The fourth-order valence-corrected chi connectivity index (χ4v) is 6.44. The number of aliphatic hydroxyl groups excluding tert-OH is 1. The summed E-state index contributed by atoms with van der Waals surface area (Å²) < 4.78 is 13.4. The SMILES string of the molecule is C=CCCCO[C@H](COC(c1ccccc1)(c1ccccc1)c1ccccc1)C(O)CCCCCCCCCCCCCCCC. The van der Waals surface area contributed by atoms with Crippen molar-refractivity contribution in [1.29, 1.82) is 0 Å². The lowest BCUT2D eigenvalue weighted by atomic mass is 9.80. The molecule has 46 heavy (non-hydrogen) atoms. The minimum Gasteiger partial charge on any atom is -0.390 e. The molecule has 0 saturated carbocycles. The summed E-state index contributed by atoms with van der Waals surface area (Å²) in [7, 11) is 0. The van der Waals surface area contributed by atoms with Crippen LogP contribution >= 0.6 is 0 Å². The first-order chi connectivity index (χ1) is 22.7. The van der Waals surface area contributed by atoms with Crippen molar-refractivity contribution in [2.45, 2.75) is 134 Å². The lowest BCUT2D eigenvalue weighted by Gasteiger charge is -2.37. The van der Waals surface area contributed by atoms with E-state index in [1.165, 1.54) is 77.0 Å². The highest BCUT2D eigenvalue weighted by Gasteiger charge is 2.39. The normalized spacial score (nSPS) is 13.0. The van der Waals surface area contributed by atoms with Crippen LogP contribution in [0.5, 0.6) is 0 Å². The van der Waals surface area contributed by atoms with Crippen LogP contribution in [-0.4, -0.2) is 30.5 Å². The molecule has 0 radical (unpaired) electrons. The summed E-state index contributed by atoms with van der Waals surface area (Å²) in [4.78, 5) is 0. The molecule has 1 unspecified atom stereocenters. The summed E-state index contributed by atoms with van der Waals surface area (Å²) >= 11 is 0. The third-order valence-electron chi connectivity index (χ3n) is 9.17. The molecule has 1 N–H and O–H groups in total. The molecular weight excluding hydrogens is 564 g/mol. The predicted molar refractivity (Wildman–Crippen MR) is 195 cm³/mol. The first-order valence-corrected chi connectivity index (χ1v) is 18.4. The van der Waals surface area contributed by atoms with Crippen LogP contribution in [0.15, 0.2) is 104 Å². The van der Waals surface area contributed by atoms with E-state index in [9.17, 15) is 5.11 Å². The van der Waals surface area contributed by atoms with Crippen LogP contribution in [0.4, 0.5) is 0 Å². The second-order valence-corrected chi connectivity index (χ2v) is 12.9. The summed E-state index contributed by atoms with van der Waals surface area (Å²) in [6.07, 6.45) is 22.0. The van der Waals surface area contributed by atoms with Gasteiger partial charge in [-0.3, -0.25) is 0 Å². The van der Waals surface area contributed by atoms with Crippen molar-refractivity contribution >= 4 is 0 Å². The van der Waals surface area contributed by atoms with Crippen LogP contribution in [0, 0.1) is 0 Å². The third kappa shape index (κ3) is 13.2. The number of unbranched alkanes of at least 4 members (excludes halogenated alkanes) is 14. The molecule has 3 rings (SSSR count). The molecule has 0 heterocycles. The maximum Gasteiger partial charge on any atom is 0.143 e. The molecule has 0 aliphatic rings. The van der Waals surface area contributed by atoms with E-state index in [1.807, 2.05) is 24.3 Å². The summed E-state index contributed by atoms with van der Waals surface area (Å²) in [6, 6.07) is 31.3. The second kappa shape index (κ2) is 23.6. The Morgan fingerprint density at radius 2 is 1.02 bits per heavy atom. The van der Waals surface area contributed by atoms with E-state index >= 15 is 0 Å². The number of rotatable bonds is 27. The van der Waals surface area contributed by atoms with Gasteiger partial charge in [-0.1, -0.05) is 194 Å². The molecule has 0 bridgehead atoms. The predicted octanol–water partition coefficient (Wildman–Crippen LogP) is 11.6. The number of benzene rings is 3. The number of allylic oxidation sites excluding steroid dienone is 1. The van der Waals surface area contributed by atoms with Crippen molar-refractivity contribution in [3.63, 3.8) is 0 Å². The lowest BCUT2D eigenvalue weighted by molar-refractivity contribution is -0.109. The molecule has 0 fully saturated rings. The van der Waals surface area contributed by atoms with Gasteiger partial charge >= 0.3 is 0 Å². The second-order valence-electron chi connectivity index (χ2n) is 12.9. The maximum atomic E-state index is 11.4. The Kier molecular flexibility index (Phi) is 19.3. The van der Waals surface area contributed by atoms with Crippen LogP contribution in [0.25, 0.3) is 0 Å². The quantitative estimate of drug-likeness (QED) is 0.0520. The van der Waals surface area contributed by atoms with Gasteiger partial charge in [0.25, 0.3) is 0 Å². The summed E-state index contributed by atoms with van der Waals surface area (Å²) in [5.41, 5.74) is 2.33. The average molecular weight is 627 g/mol. The van der Waals surface area contributed by atoms with Crippen LogP contribution < -0.4 is 0 Å². The Balaban J connectivity index is 1.56. The van der Waals surface area contributed by atoms with E-state index in [2.05, 4.69) is 86.3 Å². The summed E-state index contributed by atoms with van der Waals surface area (Å²) in [6.45, 7) is 7.00. The van der Waals surface area contributed by atoms with Crippen LogP contribution in [0.1, 0.15) is 133 Å². The summed E-state index contributed by atoms with van der Waals surface area (Å²) in [5.74, 6) is 0. The Morgan fingerprint density at radius 1 is 0.609 bits per heavy atom. The molecule has 2 atom stereocenters. The topological polar surface area (TPSA) is 38.7 Å². The molecule has 0 aliphatic carbocycles. The molecule has 0 amide bonds. The van der Waals surface area contributed by atoms with Gasteiger partial charge < -0.3 is 14.6 Å². The lowest BCUT2D eigenvalue weighted by Crippen LogP contribution is -2.40. The fraction of sp³-hybridized carbons (Fsp3) is 0.535. The zero-order valence-corrected chi connectivity index (χ0v) is 28.8. The zero-order chi connectivity index (χ0) is 32.5. The number of hydrogen-bond acceptors (Lipinski definition) is 3. The smallest absolute Gasteiger partial charge is 0.143 e. The third-order valence-corrected chi connectivity index (χ3v) is 9.17. The van der Waals surface area contributed by atoms with Gasteiger partial charge in [0.2, 0.25) is 0 Å². The Hall–Kier alpha value is -2.72. The van der Waals surface area contributed by atoms with Gasteiger partial charge in [-0.2, -0.15) is 0 Å². The largest absolute Gasteiger partial charge is 0.390 e. The highest BCUT2D eigenvalue weighted by Crippen LogP contribution is 2.40. The van der Waals surface area contributed by atoms with E-state index < -0.39 is 17.8 Å². The van der Waals surface area contributed by atoms with Crippen LogP contribution in [0.2, 0.25) is 0 Å². The van der Waals surface area contributed by atoms with Crippen LogP contribution in [0.3, 0.4) is 0 Å². The minimum atomic E-state index is -0.832. The number of ether oxygens (including phenoxy) is 2. The standard InChI is InChI=1S/C43H62O3/c1-3-5-7-8-9-10-11-12-13-14-15-16-17-27-35-41(44)42(45-36-28-6-4-2)37-46-43(38-29-21-18-22-30-38,39-31-23-19-24-32-39)40-33-25-20-26-34-40/h4,18-26,29-34,41-42,44H,2-3,5-17,27-28,35-37H2,1H3/t41?,42-/m1/s1. The van der Waals surface area contributed by atoms with Crippen LogP contribution in [-0.2, 0) is 15.1 Å². The first kappa shape index (κ1) is 37.7. The van der Waals surface area contributed by atoms with Crippen molar-refractivity contribution < 1.29 is 14.6 Å². The highest BCUT2D eigenvalue weighted by atomic mass is 16.6. The molecule has 3 nitrogen and oxygen atoms in total. The van der Waals surface area contributed by atoms with Gasteiger partial charge in [-0.25, -0.2) is 0 Å². The molecule has 3 aromatic carbocycles. The maximum absolute atomic E-state index is 11.4. The van der Waals surface area contributed by atoms with Gasteiger partial charge in [-0.15, -0.1) is 6.58 Å². The highest BCUT2D eigenvalue weighted by molar-refractivity contribution is 5.47. The first-order valence-electron chi connectivity index (χ1n) is 18.4. The average Bonchev–Trinajstić information content (AvgIpc) is 3.11. The van der Waals surface area contributed by atoms with E-state index in [1.54, 1.807) is 0 Å². The molecule has 252 valence electrons. The molecule has 3 aromatic rings. The molecule has 0 aliphatic heterocycles. The van der Waals surface area contributed by atoms with Gasteiger partial charge in [0, 0.05) is 6.61 Å². The van der Waals surface area contributed by atoms with Crippen molar-refractivity contribution in [2.24, 2.45) is 0 Å². The molecule has 0 aromatic heterocycles.